The monoisotopic (exact) mass is 545 g/mol. The Morgan fingerprint density at radius 1 is 1.29 bits per heavy atom. The molecule has 5 nitrogen and oxygen atoms in total. The third-order valence-corrected chi connectivity index (χ3v) is 4.76. The average Bonchev–Trinajstić information content (AvgIpc) is 3.09. The van der Waals surface area contributed by atoms with Crippen molar-refractivity contribution in [2.24, 2.45) is 4.99 Å². The van der Waals surface area contributed by atoms with Crippen LogP contribution in [0.4, 0.5) is 8.78 Å². The molecule has 0 amide bonds. The van der Waals surface area contributed by atoms with Gasteiger partial charge in [0.2, 0.25) is 0 Å². The second-order valence-electron chi connectivity index (χ2n) is 5.58. The molecule has 1 aromatic carbocycles. The molecule has 2 rings (SSSR count). The van der Waals surface area contributed by atoms with E-state index in [4.69, 9.17) is 16.3 Å². The number of guanidine groups is 1. The van der Waals surface area contributed by atoms with E-state index in [1.54, 1.807) is 30.3 Å². The van der Waals surface area contributed by atoms with Crippen LogP contribution < -0.4 is 15.4 Å². The SMILES string of the molecule is CCNC(=NCc1cccc(OCC(F)F)c1)NCC(O)c1ccc(Cl)s1.I. The number of thiophene rings is 1. The van der Waals surface area contributed by atoms with E-state index in [-0.39, 0.29) is 30.5 Å². The molecule has 0 spiro atoms. The molecule has 10 heteroatoms. The largest absolute Gasteiger partial charge is 0.488 e. The Bertz CT molecular complexity index is 749. The molecule has 0 saturated heterocycles. The van der Waals surface area contributed by atoms with Crippen LogP contribution in [0.15, 0.2) is 41.4 Å². The van der Waals surface area contributed by atoms with Gasteiger partial charge in [-0.05, 0) is 36.8 Å². The predicted octanol–water partition coefficient (Wildman–Crippen LogP) is 4.45. The van der Waals surface area contributed by atoms with Gasteiger partial charge in [-0.2, -0.15) is 0 Å². The maximum absolute atomic E-state index is 12.2. The summed E-state index contributed by atoms with van der Waals surface area (Å²) in [6.45, 7) is 2.57. The second-order valence-corrected chi connectivity index (χ2v) is 7.33. The van der Waals surface area contributed by atoms with Gasteiger partial charge in [-0.1, -0.05) is 23.7 Å². The Kier molecular flexibility index (Phi) is 11.7. The summed E-state index contributed by atoms with van der Waals surface area (Å²) in [5, 5.41) is 16.4. The van der Waals surface area contributed by atoms with Gasteiger partial charge in [0.25, 0.3) is 6.43 Å². The number of aliphatic hydroxyl groups excluding tert-OH is 1. The molecule has 2 aromatic rings. The van der Waals surface area contributed by atoms with E-state index in [2.05, 4.69) is 15.6 Å². The van der Waals surface area contributed by atoms with Gasteiger partial charge in [0, 0.05) is 18.0 Å². The first-order chi connectivity index (χ1) is 13.0. The normalized spacial score (nSPS) is 12.4. The minimum Gasteiger partial charge on any atom is -0.488 e. The van der Waals surface area contributed by atoms with Crippen LogP contribution in [0.25, 0.3) is 0 Å². The average molecular weight is 546 g/mol. The molecule has 28 heavy (non-hydrogen) atoms. The number of alkyl halides is 2. The number of ether oxygens (including phenoxy) is 1. The van der Waals surface area contributed by atoms with E-state index in [0.29, 0.717) is 29.1 Å². The third kappa shape index (κ3) is 8.89. The number of aliphatic hydroxyl groups is 1. The molecule has 0 radical (unpaired) electrons. The van der Waals surface area contributed by atoms with Crippen molar-refractivity contribution in [1.82, 2.24) is 10.6 Å². The van der Waals surface area contributed by atoms with Crippen molar-refractivity contribution >= 4 is 52.9 Å². The van der Waals surface area contributed by atoms with Crippen LogP contribution in [-0.2, 0) is 6.54 Å². The van der Waals surface area contributed by atoms with Crippen molar-refractivity contribution < 1.29 is 18.6 Å². The maximum atomic E-state index is 12.2. The predicted molar refractivity (Wildman–Crippen MR) is 120 cm³/mol. The summed E-state index contributed by atoms with van der Waals surface area (Å²) in [6, 6.07) is 10.4. The second kappa shape index (κ2) is 13.1. The first-order valence-corrected chi connectivity index (χ1v) is 9.62. The minimum absolute atomic E-state index is 0. The quantitative estimate of drug-likeness (QED) is 0.247. The fourth-order valence-electron chi connectivity index (χ4n) is 2.21. The Morgan fingerprint density at radius 3 is 2.71 bits per heavy atom. The van der Waals surface area contributed by atoms with Crippen LogP contribution in [-0.4, -0.2) is 37.2 Å². The molecule has 1 aromatic heterocycles. The van der Waals surface area contributed by atoms with Gasteiger partial charge in [-0.15, -0.1) is 35.3 Å². The number of halogens is 4. The molecule has 1 atom stereocenters. The first-order valence-electron chi connectivity index (χ1n) is 8.43. The highest BCUT2D eigenvalue weighted by Gasteiger charge is 2.11. The van der Waals surface area contributed by atoms with Gasteiger partial charge in [0.15, 0.2) is 5.96 Å². The Morgan fingerprint density at radius 2 is 2.07 bits per heavy atom. The van der Waals surface area contributed by atoms with Gasteiger partial charge in [0.1, 0.15) is 18.5 Å². The fourth-order valence-corrected chi connectivity index (χ4v) is 3.25. The van der Waals surface area contributed by atoms with Crippen molar-refractivity contribution in [2.75, 3.05) is 19.7 Å². The summed E-state index contributed by atoms with van der Waals surface area (Å²) in [5.74, 6) is 0.920. The molecule has 1 unspecified atom stereocenters. The van der Waals surface area contributed by atoms with Crippen LogP contribution in [0.1, 0.15) is 23.5 Å². The zero-order valence-electron chi connectivity index (χ0n) is 15.2. The highest BCUT2D eigenvalue weighted by Crippen LogP contribution is 2.26. The van der Waals surface area contributed by atoms with Crippen LogP contribution in [0.2, 0.25) is 4.34 Å². The van der Waals surface area contributed by atoms with Gasteiger partial charge >= 0.3 is 0 Å². The summed E-state index contributed by atoms with van der Waals surface area (Å²) in [4.78, 5) is 5.22. The number of aliphatic imine (C=N–C) groups is 1. The number of nitrogens with zero attached hydrogens (tertiary/aromatic N) is 1. The third-order valence-electron chi connectivity index (χ3n) is 3.42. The van der Waals surface area contributed by atoms with E-state index in [0.717, 1.165) is 10.4 Å². The molecular weight excluding hydrogens is 523 g/mol. The molecule has 3 N–H and O–H groups in total. The fraction of sp³-hybridized carbons (Fsp3) is 0.389. The van der Waals surface area contributed by atoms with Crippen molar-refractivity contribution in [2.45, 2.75) is 26.0 Å². The van der Waals surface area contributed by atoms with Crippen molar-refractivity contribution in [3.63, 3.8) is 0 Å². The topological polar surface area (TPSA) is 65.9 Å². The van der Waals surface area contributed by atoms with Crippen molar-refractivity contribution in [3.8, 4) is 5.75 Å². The van der Waals surface area contributed by atoms with E-state index < -0.39 is 19.1 Å². The lowest BCUT2D eigenvalue weighted by Crippen LogP contribution is -2.39. The molecule has 0 aliphatic rings. The van der Waals surface area contributed by atoms with Gasteiger partial charge in [-0.3, -0.25) is 0 Å². The molecule has 0 aliphatic heterocycles. The van der Waals surface area contributed by atoms with Crippen molar-refractivity contribution in [1.29, 1.82) is 0 Å². The summed E-state index contributed by atoms with van der Waals surface area (Å²) >= 11 is 7.21. The number of rotatable bonds is 9. The minimum atomic E-state index is -2.51. The Hall–Kier alpha value is -1.17. The van der Waals surface area contributed by atoms with Gasteiger partial charge in [0.05, 0.1) is 10.9 Å². The molecular formula is C18H23ClF2IN3O2S. The lowest BCUT2D eigenvalue weighted by Gasteiger charge is -2.14. The van der Waals surface area contributed by atoms with E-state index in [1.165, 1.54) is 11.3 Å². The Balaban J connectivity index is 0.00000392. The number of hydrogen-bond donors (Lipinski definition) is 3. The highest BCUT2D eigenvalue weighted by molar-refractivity contribution is 14.0. The standard InChI is InChI=1S/C18H22ClF2N3O2S.HI/c1-2-22-18(24-10-14(25)15-6-7-16(19)27-15)23-9-12-4-3-5-13(8-12)26-11-17(20)21;/h3-8,14,17,25H,2,9-11H2,1H3,(H2,22,23,24);1H. The molecule has 0 saturated carbocycles. The molecule has 0 aliphatic carbocycles. The smallest absolute Gasteiger partial charge is 0.272 e. The lowest BCUT2D eigenvalue weighted by atomic mass is 10.2. The van der Waals surface area contributed by atoms with Crippen LogP contribution >= 0.6 is 46.9 Å². The molecule has 0 bridgehead atoms. The van der Waals surface area contributed by atoms with Gasteiger partial charge < -0.3 is 20.5 Å². The maximum Gasteiger partial charge on any atom is 0.272 e. The number of benzene rings is 1. The Labute approximate surface area is 189 Å². The summed E-state index contributed by atoms with van der Waals surface area (Å²) in [6.07, 6.45) is -3.21. The van der Waals surface area contributed by atoms with Crippen molar-refractivity contribution in [3.05, 3.63) is 51.2 Å². The molecule has 156 valence electrons. The zero-order valence-corrected chi connectivity index (χ0v) is 19.1. The van der Waals surface area contributed by atoms with Crippen LogP contribution in [0.5, 0.6) is 5.75 Å². The summed E-state index contributed by atoms with van der Waals surface area (Å²) in [5.41, 5.74) is 0.824. The first kappa shape index (κ1) is 24.9. The zero-order chi connectivity index (χ0) is 19.6. The molecule has 1 heterocycles. The number of hydrogen-bond acceptors (Lipinski definition) is 4. The van der Waals surface area contributed by atoms with E-state index in [9.17, 15) is 13.9 Å². The lowest BCUT2D eigenvalue weighted by molar-refractivity contribution is 0.0818. The van der Waals surface area contributed by atoms with E-state index >= 15 is 0 Å². The highest BCUT2D eigenvalue weighted by atomic mass is 127. The molecule has 0 fully saturated rings. The van der Waals surface area contributed by atoms with Gasteiger partial charge in [-0.25, -0.2) is 13.8 Å². The van der Waals surface area contributed by atoms with E-state index in [1.807, 2.05) is 13.0 Å². The summed E-state index contributed by atoms with van der Waals surface area (Å²) < 4.78 is 30.1. The van der Waals surface area contributed by atoms with Crippen LogP contribution in [0.3, 0.4) is 0 Å². The number of nitrogens with one attached hydrogen (secondary N) is 2. The van der Waals surface area contributed by atoms with Crippen LogP contribution in [0, 0.1) is 0 Å². The summed E-state index contributed by atoms with van der Waals surface area (Å²) in [7, 11) is 0.